The summed E-state index contributed by atoms with van der Waals surface area (Å²) in [5.74, 6) is 0. The number of hydrogen-bond donors (Lipinski definition) is 2. The van der Waals surface area contributed by atoms with Gasteiger partial charge in [0.25, 0.3) is 0 Å². The minimum absolute atomic E-state index is 0.727. The van der Waals surface area contributed by atoms with Gasteiger partial charge in [-0.25, -0.2) is 0 Å². The number of likely N-dealkylation sites (tertiary alicyclic amines) is 1. The second kappa shape index (κ2) is 11.1. The topological polar surface area (TPSA) is 19.7 Å². The van der Waals surface area contributed by atoms with Crippen molar-refractivity contribution in [1.82, 2.24) is 4.90 Å². The molecule has 1 fully saturated rings. The van der Waals surface area contributed by atoms with Crippen LogP contribution < -0.4 is 10.2 Å². The molecule has 0 radical (unpaired) electrons. The van der Waals surface area contributed by atoms with E-state index in [9.17, 15) is 0 Å². The second-order valence-corrected chi connectivity index (χ2v) is 9.51. The maximum atomic E-state index is 6.18. The summed E-state index contributed by atoms with van der Waals surface area (Å²) in [6.45, 7) is 7.81. The van der Waals surface area contributed by atoms with Crippen molar-refractivity contribution >= 4 is 46.0 Å². The Morgan fingerprint density at radius 3 is 2.71 bits per heavy atom. The van der Waals surface area contributed by atoms with Gasteiger partial charge in [0.05, 0.1) is 26.2 Å². The lowest BCUT2D eigenvalue weighted by molar-refractivity contribution is -0.899. The molecular formula is C22H31ClN3S2+. The first-order valence-corrected chi connectivity index (χ1v) is 12.0. The number of halogens is 1. The van der Waals surface area contributed by atoms with Crippen LogP contribution in [0.25, 0.3) is 0 Å². The largest absolute Gasteiger partial charge is 0.344 e. The SMILES string of the molecule is Cc1ccc(Cl)cc1NC(=S)N(CCC[NH+]1CCCCCC1)Cc1cccs1. The monoisotopic (exact) mass is 436 g/mol. The highest BCUT2D eigenvalue weighted by atomic mass is 35.5. The summed E-state index contributed by atoms with van der Waals surface area (Å²) in [5, 5.41) is 7.07. The summed E-state index contributed by atoms with van der Waals surface area (Å²) < 4.78 is 0. The normalized spacial score (nSPS) is 15.2. The van der Waals surface area contributed by atoms with E-state index in [0.29, 0.717) is 0 Å². The minimum atomic E-state index is 0.727. The molecule has 1 aromatic carbocycles. The fraction of sp³-hybridized carbons (Fsp3) is 0.500. The van der Waals surface area contributed by atoms with Gasteiger partial charge >= 0.3 is 0 Å². The van der Waals surface area contributed by atoms with Gasteiger partial charge in [-0.3, -0.25) is 0 Å². The Balaban J connectivity index is 1.60. The van der Waals surface area contributed by atoms with Gasteiger partial charge in [0.15, 0.2) is 5.11 Å². The summed E-state index contributed by atoms with van der Waals surface area (Å²) in [6, 6.07) is 10.2. The van der Waals surface area contributed by atoms with Crippen molar-refractivity contribution in [2.75, 3.05) is 31.5 Å². The standard InChI is InChI=1S/C22H30ClN3S2/c1-18-9-10-19(23)16-21(18)24-22(27)26(17-20-8-6-15-28-20)14-7-13-25-11-4-2-3-5-12-25/h6,8-10,15-16H,2-5,7,11-14,17H2,1H3,(H,24,27)/p+1. The molecule has 0 unspecified atom stereocenters. The quantitative estimate of drug-likeness (QED) is 0.610. The Hall–Kier alpha value is -1.14. The third-order valence-corrected chi connectivity index (χ3v) is 6.88. The van der Waals surface area contributed by atoms with Gasteiger partial charge in [-0.1, -0.05) is 23.7 Å². The molecule has 1 aromatic heterocycles. The van der Waals surface area contributed by atoms with Crippen LogP contribution in [0.1, 0.15) is 42.5 Å². The van der Waals surface area contributed by atoms with Crippen molar-refractivity contribution in [2.45, 2.75) is 45.6 Å². The van der Waals surface area contributed by atoms with Crippen molar-refractivity contribution in [3.63, 3.8) is 0 Å². The maximum Gasteiger partial charge on any atom is 0.173 e. The number of hydrogen-bond acceptors (Lipinski definition) is 2. The number of thiophene rings is 1. The van der Waals surface area contributed by atoms with Gasteiger partial charge < -0.3 is 15.1 Å². The van der Waals surface area contributed by atoms with Gasteiger partial charge in [-0.05, 0) is 74.0 Å². The number of anilines is 1. The summed E-state index contributed by atoms with van der Waals surface area (Å²) in [6.07, 6.45) is 6.73. The fourth-order valence-electron chi connectivity index (χ4n) is 3.76. The van der Waals surface area contributed by atoms with Gasteiger partial charge in [-0.2, -0.15) is 0 Å². The van der Waals surface area contributed by atoms with Crippen molar-refractivity contribution in [3.8, 4) is 0 Å². The van der Waals surface area contributed by atoms with E-state index in [1.807, 2.05) is 18.2 Å². The average Bonchev–Trinajstić information content (AvgIpc) is 3.05. The summed E-state index contributed by atoms with van der Waals surface area (Å²) >= 11 is 13.8. The number of thiocarbonyl (C=S) groups is 1. The fourth-order valence-corrected chi connectivity index (χ4v) is 4.92. The molecule has 3 rings (SSSR count). The Morgan fingerprint density at radius 1 is 1.21 bits per heavy atom. The second-order valence-electron chi connectivity index (χ2n) is 7.66. The summed E-state index contributed by atoms with van der Waals surface area (Å²) in [4.78, 5) is 5.41. The smallest absolute Gasteiger partial charge is 0.173 e. The minimum Gasteiger partial charge on any atom is -0.344 e. The average molecular weight is 437 g/mol. The van der Waals surface area contributed by atoms with E-state index in [-0.39, 0.29) is 0 Å². The number of rotatable bonds is 7. The molecule has 2 heterocycles. The molecule has 2 aromatic rings. The van der Waals surface area contributed by atoms with Gasteiger partial charge in [0.2, 0.25) is 0 Å². The molecule has 6 heteroatoms. The van der Waals surface area contributed by atoms with Crippen LogP contribution in [0.2, 0.25) is 5.02 Å². The number of nitrogens with zero attached hydrogens (tertiary/aromatic N) is 1. The lowest BCUT2D eigenvalue weighted by Gasteiger charge is -2.27. The van der Waals surface area contributed by atoms with Crippen molar-refractivity contribution in [2.24, 2.45) is 0 Å². The van der Waals surface area contributed by atoms with E-state index in [4.69, 9.17) is 23.8 Å². The maximum absolute atomic E-state index is 6.18. The first kappa shape index (κ1) is 21.6. The third kappa shape index (κ3) is 6.73. The van der Waals surface area contributed by atoms with Crippen LogP contribution in [0.5, 0.6) is 0 Å². The van der Waals surface area contributed by atoms with Gasteiger partial charge in [-0.15, -0.1) is 11.3 Å². The Bertz CT molecular complexity index is 740. The number of benzene rings is 1. The molecule has 0 atom stereocenters. The van der Waals surface area contributed by atoms with Crippen molar-refractivity contribution in [1.29, 1.82) is 0 Å². The molecule has 152 valence electrons. The molecule has 0 spiro atoms. The van der Waals surface area contributed by atoms with Crippen molar-refractivity contribution in [3.05, 3.63) is 51.2 Å². The number of quaternary nitrogens is 1. The van der Waals surface area contributed by atoms with Crippen LogP contribution >= 0.6 is 35.2 Å². The highest BCUT2D eigenvalue weighted by molar-refractivity contribution is 7.80. The van der Waals surface area contributed by atoms with Gasteiger partial charge in [0.1, 0.15) is 0 Å². The molecule has 0 saturated carbocycles. The van der Waals surface area contributed by atoms with E-state index in [2.05, 4.69) is 34.7 Å². The van der Waals surface area contributed by atoms with E-state index in [0.717, 1.165) is 40.9 Å². The lowest BCUT2D eigenvalue weighted by atomic mass is 10.2. The molecule has 0 bridgehead atoms. The van der Waals surface area contributed by atoms with Crippen LogP contribution in [0, 0.1) is 6.92 Å². The third-order valence-electron chi connectivity index (χ3n) is 5.42. The van der Waals surface area contributed by atoms with E-state index in [1.165, 1.54) is 50.2 Å². The lowest BCUT2D eigenvalue weighted by Crippen LogP contribution is -3.11. The first-order chi connectivity index (χ1) is 13.6. The summed E-state index contributed by atoms with van der Waals surface area (Å²) in [5.41, 5.74) is 2.14. The van der Waals surface area contributed by atoms with E-state index < -0.39 is 0 Å². The molecule has 28 heavy (non-hydrogen) atoms. The van der Waals surface area contributed by atoms with Crippen LogP contribution in [0.3, 0.4) is 0 Å². The Labute approximate surface area is 183 Å². The predicted molar refractivity (Wildman–Crippen MR) is 126 cm³/mol. The van der Waals surface area contributed by atoms with E-state index >= 15 is 0 Å². The zero-order valence-corrected chi connectivity index (χ0v) is 19.1. The van der Waals surface area contributed by atoms with Crippen LogP contribution in [-0.2, 0) is 6.54 Å². The molecule has 2 N–H and O–H groups in total. The van der Waals surface area contributed by atoms with E-state index in [1.54, 1.807) is 16.2 Å². The van der Waals surface area contributed by atoms with Crippen LogP contribution in [0.15, 0.2) is 35.7 Å². The number of nitrogens with one attached hydrogen (secondary N) is 2. The molecule has 0 amide bonds. The van der Waals surface area contributed by atoms with Crippen molar-refractivity contribution < 1.29 is 4.90 Å². The zero-order valence-electron chi connectivity index (χ0n) is 16.7. The highest BCUT2D eigenvalue weighted by Crippen LogP contribution is 2.21. The molecule has 3 nitrogen and oxygen atoms in total. The highest BCUT2D eigenvalue weighted by Gasteiger charge is 2.16. The van der Waals surface area contributed by atoms with Crippen LogP contribution in [0.4, 0.5) is 5.69 Å². The predicted octanol–water partition coefficient (Wildman–Crippen LogP) is 4.76. The summed E-state index contributed by atoms with van der Waals surface area (Å²) in [7, 11) is 0. The molecule has 0 aliphatic carbocycles. The molecule has 1 saturated heterocycles. The van der Waals surface area contributed by atoms with Gasteiger partial charge in [0, 0.05) is 28.6 Å². The Kier molecular flexibility index (Phi) is 8.59. The first-order valence-electron chi connectivity index (χ1n) is 10.3. The molecule has 1 aliphatic rings. The van der Waals surface area contributed by atoms with Crippen LogP contribution in [-0.4, -0.2) is 36.2 Å². The molecule has 1 aliphatic heterocycles. The zero-order chi connectivity index (χ0) is 19.8. The number of aryl methyl sites for hydroxylation is 1. The Morgan fingerprint density at radius 2 is 2.00 bits per heavy atom. The molecular weight excluding hydrogens is 406 g/mol.